The Bertz CT molecular complexity index is 1410. The van der Waals surface area contributed by atoms with E-state index in [4.69, 9.17) is 25.9 Å². The zero-order valence-electron chi connectivity index (χ0n) is 24.3. The number of hydrogen-bond donors (Lipinski definition) is 1. The van der Waals surface area contributed by atoms with E-state index in [9.17, 15) is 4.79 Å². The molecule has 2 aromatic carbocycles. The third kappa shape index (κ3) is 6.50. The maximum Gasteiger partial charge on any atom is 0.256 e. The van der Waals surface area contributed by atoms with Crippen molar-refractivity contribution < 1.29 is 14.1 Å². The van der Waals surface area contributed by atoms with E-state index in [1.165, 1.54) is 11.9 Å². The summed E-state index contributed by atoms with van der Waals surface area (Å²) in [7, 11) is 0. The molecule has 1 N–H and O–H groups in total. The molecule has 1 fully saturated rings. The minimum atomic E-state index is -0.527. The summed E-state index contributed by atoms with van der Waals surface area (Å²) in [6.45, 7) is 9.04. The maximum absolute atomic E-state index is 13.7. The number of carbonyl (C=O) groups excluding carboxylic acids is 1. The van der Waals surface area contributed by atoms with Crippen LogP contribution >= 0.6 is 23.5 Å². The van der Waals surface area contributed by atoms with Crippen molar-refractivity contribution in [3.63, 3.8) is 0 Å². The van der Waals surface area contributed by atoms with Gasteiger partial charge in [0, 0.05) is 11.3 Å². The monoisotopic (exact) mass is 594 g/mol. The fourth-order valence-corrected chi connectivity index (χ4v) is 6.52. The van der Waals surface area contributed by atoms with E-state index in [1.807, 2.05) is 30.9 Å². The molecule has 7 nitrogen and oxygen atoms in total. The van der Waals surface area contributed by atoms with Gasteiger partial charge in [-0.15, -0.1) is 0 Å². The number of nitrogens with one attached hydrogen (secondary N) is 1. The standard InChI is InChI=1S/C32H39ClN4O3S/c1-5-6-13-28-34-32(16-9-10-17-32)31(38)37(28)19-23-14-15-25(24(18-23)20-39-21(2)3)26-11-7-8-12-27(26)41-36-30-29(33)22(4)40-35-30/h7-8,11-12,14-15,18,21H,5-6,9-10,13,16-17,19-20H2,1-4H3,(H,35,36). The molecule has 1 spiro atoms. The fraction of sp³-hybridized carbons (Fsp3) is 0.469. The van der Waals surface area contributed by atoms with Crippen LogP contribution in [0.25, 0.3) is 11.1 Å². The summed E-state index contributed by atoms with van der Waals surface area (Å²) in [6.07, 6.45) is 6.93. The number of benzene rings is 2. The minimum absolute atomic E-state index is 0.0884. The molecule has 1 aromatic heterocycles. The van der Waals surface area contributed by atoms with Crippen molar-refractivity contribution in [2.75, 3.05) is 4.72 Å². The van der Waals surface area contributed by atoms with Crippen molar-refractivity contribution >= 4 is 41.1 Å². The summed E-state index contributed by atoms with van der Waals surface area (Å²) >= 11 is 7.76. The van der Waals surface area contributed by atoms with E-state index >= 15 is 0 Å². The van der Waals surface area contributed by atoms with Crippen molar-refractivity contribution in [2.24, 2.45) is 4.99 Å². The van der Waals surface area contributed by atoms with Crippen LogP contribution in [-0.2, 0) is 22.7 Å². The van der Waals surface area contributed by atoms with E-state index in [1.54, 1.807) is 6.92 Å². The Labute approximate surface area is 252 Å². The smallest absolute Gasteiger partial charge is 0.256 e. The summed E-state index contributed by atoms with van der Waals surface area (Å²) in [5.74, 6) is 2.21. The number of halogens is 1. The van der Waals surface area contributed by atoms with E-state index in [0.717, 1.165) is 77.9 Å². The van der Waals surface area contributed by atoms with Gasteiger partial charge < -0.3 is 14.0 Å². The quantitative estimate of drug-likeness (QED) is 0.211. The second-order valence-corrected chi connectivity index (χ2v) is 12.4. The highest BCUT2D eigenvalue weighted by Crippen LogP contribution is 2.41. The second kappa shape index (κ2) is 13.0. The number of amidine groups is 1. The molecule has 3 aromatic rings. The Kier molecular flexibility index (Phi) is 9.42. The molecule has 1 aliphatic carbocycles. The molecule has 218 valence electrons. The molecular formula is C32H39ClN4O3S. The van der Waals surface area contributed by atoms with Gasteiger partial charge in [0.15, 0.2) is 11.6 Å². The highest BCUT2D eigenvalue weighted by molar-refractivity contribution is 8.00. The lowest BCUT2D eigenvalue weighted by Crippen LogP contribution is -2.40. The van der Waals surface area contributed by atoms with Crippen LogP contribution in [0.5, 0.6) is 0 Å². The molecule has 0 bridgehead atoms. The van der Waals surface area contributed by atoms with Crippen molar-refractivity contribution in [2.45, 2.75) is 102 Å². The number of nitrogens with zero attached hydrogens (tertiary/aromatic N) is 3. The molecule has 5 rings (SSSR count). The van der Waals surface area contributed by atoms with Crippen molar-refractivity contribution in [3.8, 4) is 11.1 Å². The van der Waals surface area contributed by atoms with E-state index in [-0.39, 0.29) is 12.0 Å². The van der Waals surface area contributed by atoms with Gasteiger partial charge in [-0.1, -0.05) is 79.3 Å². The zero-order chi connectivity index (χ0) is 29.0. The summed E-state index contributed by atoms with van der Waals surface area (Å²) in [4.78, 5) is 21.8. The van der Waals surface area contributed by atoms with Crippen molar-refractivity contribution in [1.29, 1.82) is 0 Å². The number of hydrogen-bond acceptors (Lipinski definition) is 7. The highest BCUT2D eigenvalue weighted by Gasteiger charge is 2.49. The lowest BCUT2D eigenvalue weighted by atomic mass is 9.96. The van der Waals surface area contributed by atoms with Gasteiger partial charge in [-0.05, 0) is 80.3 Å². The normalized spacial score (nSPS) is 16.3. The number of anilines is 1. The van der Waals surface area contributed by atoms with Crippen LogP contribution in [0.1, 0.15) is 82.6 Å². The highest BCUT2D eigenvalue weighted by atomic mass is 35.5. The predicted octanol–water partition coefficient (Wildman–Crippen LogP) is 8.59. The third-order valence-corrected chi connectivity index (χ3v) is 9.11. The fourth-order valence-electron chi connectivity index (χ4n) is 5.57. The largest absolute Gasteiger partial charge is 0.374 e. The molecule has 2 heterocycles. The van der Waals surface area contributed by atoms with Crippen LogP contribution in [0.4, 0.5) is 5.82 Å². The molecule has 41 heavy (non-hydrogen) atoms. The number of aliphatic imine (C=N–C) groups is 1. The molecular weight excluding hydrogens is 556 g/mol. The molecule has 1 saturated carbocycles. The van der Waals surface area contributed by atoms with E-state index in [2.05, 4.69) is 47.1 Å². The van der Waals surface area contributed by atoms with Crippen LogP contribution in [0.2, 0.25) is 5.02 Å². The summed E-state index contributed by atoms with van der Waals surface area (Å²) < 4.78 is 14.5. The number of rotatable bonds is 12. The maximum atomic E-state index is 13.7. The molecule has 9 heteroatoms. The number of unbranched alkanes of at least 4 members (excludes halogenated alkanes) is 1. The summed E-state index contributed by atoms with van der Waals surface area (Å²) in [6, 6.07) is 14.7. The van der Waals surface area contributed by atoms with Gasteiger partial charge in [0.25, 0.3) is 5.91 Å². The Morgan fingerprint density at radius 1 is 1.17 bits per heavy atom. The number of aromatic nitrogens is 1. The average molecular weight is 595 g/mol. The summed E-state index contributed by atoms with van der Waals surface area (Å²) in [5, 5.41) is 4.49. The SMILES string of the molecule is CCCCC1=NC2(CCCC2)C(=O)N1Cc1ccc(-c2ccccc2SNc2noc(C)c2Cl)c(COC(C)C)c1. The zero-order valence-corrected chi connectivity index (χ0v) is 25.9. The molecule has 2 aliphatic rings. The minimum Gasteiger partial charge on any atom is -0.374 e. The first-order valence-electron chi connectivity index (χ1n) is 14.6. The Hall–Kier alpha value is -2.81. The Balaban J connectivity index is 1.43. The van der Waals surface area contributed by atoms with Gasteiger partial charge in [-0.3, -0.25) is 14.7 Å². The van der Waals surface area contributed by atoms with Crippen LogP contribution in [0.3, 0.4) is 0 Å². The molecule has 1 aliphatic heterocycles. The third-order valence-electron chi connectivity index (χ3n) is 7.79. The number of amides is 1. The molecule has 0 atom stereocenters. The van der Waals surface area contributed by atoms with Gasteiger partial charge in [0.05, 0.1) is 19.3 Å². The van der Waals surface area contributed by atoms with Crippen LogP contribution in [-0.4, -0.2) is 33.4 Å². The van der Waals surface area contributed by atoms with E-state index in [0.29, 0.717) is 29.8 Å². The number of carbonyl (C=O) groups is 1. The molecule has 0 unspecified atom stereocenters. The summed E-state index contributed by atoms with van der Waals surface area (Å²) in [5.41, 5.74) is 3.79. The van der Waals surface area contributed by atoms with Crippen LogP contribution in [0, 0.1) is 6.92 Å². The predicted molar refractivity (Wildman–Crippen MR) is 166 cm³/mol. The second-order valence-electron chi connectivity index (χ2n) is 11.2. The first kappa shape index (κ1) is 29.7. The molecule has 0 saturated heterocycles. The average Bonchev–Trinajstić information content (AvgIpc) is 3.65. The van der Waals surface area contributed by atoms with Crippen molar-refractivity contribution in [3.05, 3.63) is 64.4 Å². The Morgan fingerprint density at radius 2 is 1.95 bits per heavy atom. The first-order chi connectivity index (χ1) is 19.8. The van der Waals surface area contributed by atoms with Gasteiger partial charge in [-0.2, -0.15) is 0 Å². The molecule has 1 amide bonds. The topological polar surface area (TPSA) is 80.0 Å². The van der Waals surface area contributed by atoms with Crippen LogP contribution in [0.15, 0.2) is 56.9 Å². The lowest BCUT2D eigenvalue weighted by molar-refractivity contribution is -0.131. The van der Waals surface area contributed by atoms with Crippen molar-refractivity contribution in [1.82, 2.24) is 10.1 Å². The van der Waals surface area contributed by atoms with E-state index < -0.39 is 5.54 Å². The molecule has 0 radical (unpaired) electrons. The Morgan fingerprint density at radius 3 is 2.66 bits per heavy atom. The lowest BCUT2D eigenvalue weighted by Gasteiger charge is -2.23. The van der Waals surface area contributed by atoms with Gasteiger partial charge in [0.1, 0.15) is 16.4 Å². The first-order valence-corrected chi connectivity index (χ1v) is 15.8. The van der Waals surface area contributed by atoms with Crippen LogP contribution < -0.4 is 4.72 Å². The number of aryl methyl sites for hydroxylation is 1. The number of ether oxygens (including phenoxy) is 1. The van der Waals surface area contributed by atoms with Gasteiger partial charge in [0.2, 0.25) is 0 Å². The van der Waals surface area contributed by atoms with Gasteiger partial charge >= 0.3 is 0 Å². The van der Waals surface area contributed by atoms with Gasteiger partial charge in [-0.25, -0.2) is 0 Å².